The van der Waals surface area contributed by atoms with Crippen LogP contribution in [-0.4, -0.2) is 24.8 Å². The first-order valence-electron chi connectivity index (χ1n) is 6.79. The minimum Gasteiger partial charge on any atom is -0.454 e. The third-order valence-corrected chi connectivity index (χ3v) is 4.08. The molecule has 21 heavy (non-hydrogen) atoms. The van der Waals surface area contributed by atoms with Crippen LogP contribution in [0.1, 0.15) is 36.0 Å². The Morgan fingerprint density at radius 3 is 2.67 bits per heavy atom. The molecule has 0 aromatic heterocycles. The molecule has 116 valence electrons. The molecule has 0 radical (unpaired) electrons. The van der Waals surface area contributed by atoms with Crippen LogP contribution in [0, 0.1) is 0 Å². The van der Waals surface area contributed by atoms with Crippen LogP contribution in [0.5, 0.6) is 11.5 Å². The molecule has 7 heteroatoms. The molecule has 1 aromatic rings. The van der Waals surface area contributed by atoms with E-state index in [1.165, 1.54) is 0 Å². The monoisotopic (exact) mass is 332 g/mol. The van der Waals surface area contributed by atoms with E-state index in [4.69, 9.17) is 26.8 Å². The Morgan fingerprint density at radius 1 is 1.24 bits per heavy atom. The molecule has 2 aliphatic rings. The Labute approximate surface area is 134 Å². The van der Waals surface area contributed by atoms with Crippen molar-refractivity contribution in [2.45, 2.75) is 37.8 Å². The van der Waals surface area contributed by atoms with Crippen molar-refractivity contribution >= 4 is 29.9 Å². The highest BCUT2D eigenvalue weighted by atomic mass is 35.5. The van der Waals surface area contributed by atoms with Crippen molar-refractivity contribution in [3.8, 4) is 11.5 Å². The van der Waals surface area contributed by atoms with Gasteiger partial charge in [0.15, 0.2) is 11.5 Å². The van der Waals surface area contributed by atoms with E-state index in [9.17, 15) is 4.79 Å². The van der Waals surface area contributed by atoms with Gasteiger partial charge in [0.25, 0.3) is 5.91 Å². The third kappa shape index (κ3) is 3.54. The standard InChI is InChI=1S/C14H17ClN2O3.ClH/c15-11-5-8(6-12-13(11)20-7-19-12)14(18)17-10-3-1-9(16)2-4-10;/h5-6,9-10H,1-4,7,16H2,(H,17,18);1H. The van der Waals surface area contributed by atoms with E-state index >= 15 is 0 Å². The lowest BCUT2D eigenvalue weighted by Gasteiger charge is -2.26. The van der Waals surface area contributed by atoms with Gasteiger partial charge in [-0.3, -0.25) is 4.79 Å². The molecule has 0 unspecified atom stereocenters. The molecule has 1 saturated carbocycles. The van der Waals surface area contributed by atoms with E-state index < -0.39 is 0 Å². The van der Waals surface area contributed by atoms with Crippen molar-refractivity contribution < 1.29 is 14.3 Å². The zero-order chi connectivity index (χ0) is 14.1. The zero-order valence-corrected chi connectivity index (χ0v) is 13.0. The number of rotatable bonds is 2. The first kappa shape index (κ1) is 16.2. The van der Waals surface area contributed by atoms with Gasteiger partial charge in [-0.05, 0) is 37.8 Å². The summed E-state index contributed by atoms with van der Waals surface area (Å²) in [7, 11) is 0. The van der Waals surface area contributed by atoms with Gasteiger partial charge in [-0.1, -0.05) is 11.6 Å². The number of carbonyl (C=O) groups excluding carboxylic acids is 1. The Kier molecular flexibility index (Phi) is 5.19. The maximum Gasteiger partial charge on any atom is 0.251 e. The summed E-state index contributed by atoms with van der Waals surface area (Å²) in [6.07, 6.45) is 3.75. The second-order valence-electron chi connectivity index (χ2n) is 5.28. The van der Waals surface area contributed by atoms with Crippen LogP contribution in [0.2, 0.25) is 5.02 Å². The summed E-state index contributed by atoms with van der Waals surface area (Å²) >= 11 is 6.08. The highest BCUT2D eigenvalue weighted by Gasteiger charge is 2.23. The van der Waals surface area contributed by atoms with Crippen LogP contribution >= 0.6 is 24.0 Å². The molecule has 0 saturated heterocycles. The average molecular weight is 333 g/mol. The van der Waals surface area contributed by atoms with Crippen molar-refractivity contribution in [3.63, 3.8) is 0 Å². The fourth-order valence-corrected chi connectivity index (χ4v) is 2.90. The lowest BCUT2D eigenvalue weighted by atomic mass is 9.91. The van der Waals surface area contributed by atoms with E-state index in [0.717, 1.165) is 25.7 Å². The van der Waals surface area contributed by atoms with Gasteiger partial charge in [-0.15, -0.1) is 12.4 Å². The van der Waals surface area contributed by atoms with Crippen molar-refractivity contribution in [2.75, 3.05) is 6.79 Å². The van der Waals surface area contributed by atoms with Crippen LogP contribution < -0.4 is 20.5 Å². The van der Waals surface area contributed by atoms with Crippen molar-refractivity contribution in [1.82, 2.24) is 5.32 Å². The minimum atomic E-state index is -0.134. The number of halogens is 2. The summed E-state index contributed by atoms with van der Waals surface area (Å²) in [6.45, 7) is 0.140. The van der Waals surface area contributed by atoms with Gasteiger partial charge in [0.2, 0.25) is 6.79 Å². The van der Waals surface area contributed by atoms with Gasteiger partial charge in [0, 0.05) is 17.6 Å². The largest absolute Gasteiger partial charge is 0.454 e. The molecule has 1 aromatic carbocycles. The second kappa shape index (κ2) is 6.73. The summed E-state index contributed by atoms with van der Waals surface area (Å²) in [6, 6.07) is 3.73. The quantitative estimate of drug-likeness (QED) is 0.872. The fourth-order valence-electron chi connectivity index (χ4n) is 2.63. The second-order valence-corrected chi connectivity index (χ2v) is 5.68. The van der Waals surface area contributed by atoms with E-state index in [1.54, 1.807) is 12.1 Å². The van der Waals surface area contributed by atoms with Crippen LogP contribution in [0.4, 0.5) is 0 Å². The number of ether oxygens (including phenoxy) is 2. The summed E-state index contributed by atoms with van der Waals surface area (Å²) in [4.78, 5) is 12.2. The maximum atomic E-state index is 12.2. The molecule has 1 amide bonds. The Hall–Kier alpha value is -1.17. The molecular formula is C14H18Cl2N2O3. The molecule has 5 nitrogen and oxygen atoms in total. The summed E-state index contributed by atoms with van der Waals surface area (Å²) in [5.41, 5.74) is 6.35. The van der Waals surface area contributed by atoms with Gasteiger partial charge >= 0.3 is 0 Å². The number of carbonyl (C=O) groups is 1. The molecule has 3 N–H and O–H groups in total. The molecule has 3 rings (SSSR count). The predicted octanol–water partition coefficient (Wildman–Crippen LogP) is 2.49. The SMILES string of the molecule is Cl.NC1CCC(NC(=O)c2cc(Cl)c3c(c2)OCO3)CC1. The van der Waals surface area contributed by atoms with Gasteiger partial charge in [0.05, 0.1) is 5.02 Å². The molecule has 0 bridgehead atoms. The van der Waals surface area contributed by atoms with Crippen LogP contribution in [0.25, 0.3) is 0 Å². The molecule has 1 aliphatic heterocycles. The van der Waals surface area contributed by atoms with E-state index in [0.29, 0.717) is 22.1 Å². The molecule has 1 fully saturated rings. The average Bonchev–Trinajstić information content (AvgIpc) is 2.90. The highest BCUT2D eigenvalue weighted by molar-refractivity contribution is 6.32. The van der Waals surface area contributed by atoms with Crippen LogP contribution in [-0.2, 0) is 0 Å². The van der Waals surface area contributed by atoms with E-state index in [1.807, 2.05) is 0 Å². The maximum absolute atomic E-state index is 12.2. The first-order valence-corrected chi connectivity index (χ1v) is 7.17. The number of fused-ring (bicyclic) bond motifs is 1. The van der Waals surface area contributed by atoms with Crippen molar-refractivity contribution in [3.05, 3.63) is 22.7 Å². The van der Waals surface area contributed by atoms with Crippen molar-refractivity contribution in [1.29, 1.82) is 0 Å². The van der Waals surface area contributed by atoms with Gasteiger partial charge in [0.1, 0.15) is 0 Å². The fraction of sp³-hybridized carbons (Fsp3) is 0.500. The lowest BCUT2D eigenvalue weighted by Crippen LogP contribution is -2.40. The Bertz CT molecular complexity index is 531. The molecule has 1 aliphatic carbocycles. The molecule has 1 heterocycles. The first-order chi connectivity index (χ1) is 9.63. The van der Waals surface area contributed by atoms with E-state index in [-0.39, 0.29) is 37.2 Å². The Balaban J connectivity index is 0.00000161. The van der Waals surface area contributed by atoms with Gasteiger partial charge in [-0.2, -0.15) is 0 Å². The van der Waals surface area contributed by atoms with Crippen molar-refractivity contribution in [2.24, 2.45) is 5.73 Å². The van der Waals surface area contributed by atoms with Gasteiger partial charge < -0.3 is 20.5 Å². The number of nitrogens with one attached hydrogen (secondary N) is 1. The number of hydrogen-bond acceptors (Lipinski definition) is 4. The topological polar surface area (TPSA) is 73.6 Å². The number of benzene rings is 1. The Morgan fingerprint density at radius 2 is 1.95 bits per heavy atom. The summed E-state index contributed by atoms with van der Waals surface area (Å²) < 4.78 is 10.5. The van der Waals surface area contributed by atoms with Crippen LogP contribution in [0.3, 0.4) is 0 Å². The smallest absolute Gasteiger partial charge is 0.251 e. The normalized spacial score (nSPS) is 23.3. The molecular weight excluding hydrogens is 315 g/mol. The van der Waals surface area contributed by atoms with Gasteiger partial charge in [-0.25, -0.2) is 0 Å². The number of hydrogen-bond donors (Lipinski definition) is 2. The predicted molar refractivity (Wildman–Crippen MR) is 82.5 cm³/mol. The number of nitrogens with two attached hydrogens (primary N) is 1. The van der Waals surface area contributed by atoms with E-state index in [2.05, 4.69) is 5.32 Å². The third-order valence-electron chi connectivity index (χ3n) is 3.80. The molecule has 0 spiro atoms. The zero-order valence-electron chi connectivity index (χ0n) is 11.4. The minimum absolute atomic E-state index is 0. The van der Waals surface area contributed by atoms with Crippen LogP contribution in [0.15, 0.2) is 12.1 Å². The lowest BCUT2D eigenvalue weighted by molar-refractivity contribution is 0.0925. The summed E-state index contributed by atoms with van der Waals surface area (Å²) in [5.74, 6) is 0.894. The number of amides is 1. The summed E-state index contributed by atoms with van der Waals surface area (Å²) in [5, 5.41) is 3.42. The highest BCUT2D eigenvalue weighted by Crippen LogP contribution is 2.39. The molecule has 0 atom stereocenters.